The summed E-state index contributed by atoms with van der Waals surface area (Å²) >= 11 is 5.85. The minimum atomic E-state index is -0.487. The van der Waals surface area contributed by atoms with Gasteiger partial charge in [0.2, 0.25) is 0 Å². The molecule has 0 unspecified atom stereocenters. The molecule has 0 bridgehead atoms. The van der Waals surface area contributed by atoms with Crippen LogP contribution in [0.1, 0.15) is 37.0 Å². The van der Waals surface area contributed by atoms with Gasteiger partial charge in [0.25, 0.3) is 5.89 Å². The standard InChI is InChI=1S/C15H15ClN2O3/c1-10(2)15-17-13(21-18-15)9-20-14(19)7-6-11-4-3-5-12(16)8-11/h3-8,10H,9H2,1-2H3. The molecule has 0 N–H and O–H groups in total. The Morgan fingerprint density at radius 2 is 2.29 bits per heavy atom. The summed E-state index contributed by atoms with van der Waals surface area (Å²) in [6.07, 6.45) is 2.95. The van der Waals surface area contributed by atoms with Crippen LogP contribution in [0.15, 0.2) is 34.9 Å². The highest BCUT2D eigenvalue weighted by atomic mass is 35.5. The van der Waals surface area contributed by atoms with Gasteiger partial charge < -0.3 is 9.26 Å². The molecule has 0 saturated carbocycles. The number of carbonyl (C=O) groups is 1. The van der Waals surface area contributed by atoms with E-state index in [2.05, 4.69) is 10.1 Å². The second-order valence-electron chi connectivity index (χ2n) is 4.70. The number of esters is 1. The van der Waals surface area contributed by atoms with Crippen LogP contribution in [0.2, 0.25) is 5.02 Å². The summed E-state index contributed by atoms with van der Waals surface area (Å²) in [7, 11) is 0. The number of ether oxygens (including phenoxy) is 1. The molecule has 6 heteroatoms. The maximum Gasteiger partial charge on any atom is 0.331 e. The number of rotatable bonds is 5. The molecule has 0 spiro atoms. The van der Waals surface area contributed by atoms with Crippen molar-refractivity contribution >= 4 is 23.6 Å². The number of benzene rings is 1. The fourth-order valence-electron chi connectivity index (χ4n) is 1.52. The Bertz CT molecular complexity index is 650. The van der Waals surface area contributed by atoms with Crippen molar-refractivity contribution in [3.8, 4) is 0 Å². The van der Waals surface area contributed by atoms with Crippen molar-refractivity contribution in [3.05, 3.63) is 52.6 Å². The zero-order valence-electron chi connectivity index (χ0n) is 11.7. The Labute approximate surface area is 127 Å². The van der Waals surface area contributed by atoms with Crippen LogP contribution in [0, 0.1) is 0 Å². The molecule has 0 aliphatic heterocycles. The average Bonchev–Trinajstić information content (AvgIpc) is 2.92. The van der Waals surface area contributed by atoms with Gasteiger partial charge in [-0.2, -0.15) is 4.98 Å². The molecule has 5 nitrogen and oxygen atoms in total. The van der Waals surface area contributed by atoms with Crippen LogP contribution in [-0.4, -0.2) is 16.1 Å². The molecule has 110 valence electrons. The van der Waals surface area contributed by atoms with E-state index in [1.807, 2.05) is 19.9 Å². The molecule has 21 heavy (non-hydrogen) atoms. The second kappa shape index (κ2) is 7.04. The smallest absolute Gasteiger partial charge is 0.331 e. The molecule has 0 saturated heterocycles. The van der Waals surface area contributed by atoms with E-state index in [1.54, 1.807) is 24.3 Å². The zero-order chi connectivity index (χ0) is 15.2. The van der Waals surface area contributed by atoms with E-state index in [1.165, 1.54) is 6.08 Å². The van der Waals surface area contributed by atoms with Gasteiger partial charge in [-0.1, -0.05) is 42.7 Å². The van der Waals surface area contributed by atoms with Gasteiger partial charge in [0.05, 0.1) is 0 Å². The third-order valence-electron chi connectivity index (χ3n) is 2.60. The van der Waals surface area contributed by atoms with Crippen LogP contribution in [0.25, 0.3) is 6.08 Å². The lowest BCUT2D eigenvalue weighted by molar-refractivity contribution is -0.139. The summed E-state index contributed by atoms with van der Waals surface area (Å²) in [6.45, 7) is 3.86. The molecular formula is C15H15ClN2O3. The Morgan fingerprint density at radius 1 is 1.48 bits per heavy atom. The van der Waals surface area contributed by atoms with Gasteiger partial charge in [0.1, 0.15) is 0 Å². The van der Waals surface area contributed by atoms with Gasteiger partial charge in [-0.05, 0) is 23.8 Å². The SMILES string of the molecule is CC(C)c1noc(COC(=O)C=Cc2cccc(Cl)c2)n1. The van der Waals surface area contributed by atoms with E-state index in [0.717, 1.165) is 5.56 Å². The lowest BCUT2D eigenvalue weighted by Gasteiger charge is -1.97. The van der Waals surface area contributed by atoms with Crippen molar-refractivity contribution in [2.45, 2.75) is 26.4 Å². The molecule has 0 atom stereocenters. The van der Waals surface area contributed by atoms with E-state index in [-0.39, 0.29) is 18.4 Å². The van der Waals surface area contributed by atoms with Crippen molar-refractivity contribution < 1.29 is 14.1 Å². The number of carbonyl (C=O) groups excluding carboxylic acids is 1. The molecule has 1 heterocycles. The molecule has 2 aromatic rings. The van der Waals surface area contributed by atoms with Gasteiger partial charge in [0, 0.05) is 17.0 Å². The van der Waals surface area contributed by atoms with Gasteiger partial charge in [-0.25, -0.2) is 4.79 Å². The monoisotopic (exact) mass is 306 g/mol. The number of halogens is 1. The topological polar surface area (TPSA) is 65.2 Å². The van der Waals surface area contributed by atoms with Crippen LogP contribution in [0.3, 0.4) is 0 Å². The first-order valence-electron chi connectivity index (χ1n) is 6.47. The van der Waals surface area contributed by atoms with Crippen molar-refractivity contribution in [1.82, 2.24) is 10.1 Å². The molecule has 0 aliphatic rings. The maximum atomic E-state index is 11.6. The van der Waals surface area contributed by atoms with E-state index < -0.39 is 5.97 Å². The van der Waals surface area contributed by atoms with E-state index >= 15 is 0 Å². The predicted octanol–water partition coefficient (Wildman–Crippen LogP) is 3.60. The number of hydrogen-bond acceptors (Lipinski definition) is 5. The maximum absolute atomic E-state index is 11.6. The summed E-state index contributed by atoms with van der Waals surface area (Å²) in [6, 6.07) is 7.15. The normalized spacial score (nSPS) is 11.2. The van der Waals surface area contributed by atoms with E-state index in [4.69, 9.17) is 20.9 Å². The molecule has 2 rings (SSSR count). The third-order valence-corrected chi connectivity index (χ3v) is 2.83. The minimum absolute atomic E-state index is 0.0432. The van der Waals surface area contributed by atoms with Crippen molar-refractivity contribution in [1.29, 1.82) is 0 Å². The third kappa shape index (κ3) is 4.72. The van der Waals surface area contributed by atoms with Gasteiger partial charge >= 0.3 is 5.97 Å². The molecule has 0 fully saturated rings. The summed E-state index contributed by atoms with van der Waals surface area (Å²) in [5, 5.41) is 4.40. The molecule has 1 aromatic heterocycles. The zero-order valence-corrected chi connectivity index (χ0v) is 12.5. The van der Waals surface area contributed by atoms with Crippen LogP contribution >= 0.6 is 11.6 Å². The summed E-state index contributed by atoms with van der Waals surface area (Å²) < 4.78 is 9.99. The second-order valence-corrected chi connectivity index (χ2v) is 5.13. The highest BCUT2D eigenvalue weighted by molar-refractivity contribution is 6.30. The van der Waals surface area contributed by atoms with Crippen LogP contribution < -0.4 is 0 Å². The Hall–Kier alpha value is -2.14. The molecule has 0 aliphatic carbocycles. The fraction of sp³-hybridized carbons (Fsp3) is 0.267. The predicted molar refractivity (Wildman–Crippen MR) is 78.7 cm³/mol. The Kier molecular flexibility index (Phi) is 5.11. The minimum Gasteiger partial charge on any atom is -0.452 e. The molecule has 1 aromatic carbocycles. The highest BCUT2D eigenvalue weighted by Crippen LogP contribution is 2.12. The largest absolute Gasteiger partial charge is 0.452 e. The van der Waals surface area contributed by atoms with E-state index in [0.29, 0.717) is 10.8 Å². The lowest BCUT2D eigenvalue weighted by atomic mass is 10.2. The molecule has 0 radical (unpaired) electrons. The van der Waals surface area contributed by atoms with E-state index in [9.17, 15) is 4.79 Å². The van der Waals surface area contributed by atoms with Crippen LogP contribution in [0.5, 0.6) is 0 Å². The van der Waals surface area contributed by atoms with Gasteiger partial charge in [-0.15, -0.1) is 0 Å². The Morgan fingerprint density at radius 3 is 2.95 bits per heavy atom. The first kappa shape index (κ1) is 15.3. The number of hydrogen-bond donors (Lipinski definition) is 0. The van der Waals surface area contributed by atoms with Crippen molar-refractivity contribution in [3.63, 3.8) is 0 Å². The quantitative estimate of drug-likeness (QED) is 0.623. The summed E-state index contributed by atoms with van der Waals surface area (Å²) in [4.78, 5) is 15.7. The highest BCUT2D eigenvalue weighted by Gasteiger charge is 2.10. The van der Waals surface area contributed by atoms with Crippen LogP contribution in [0.4, 0.5) is 0 Å². The van der Waals surface area contributed by atoms with Crippen molar-refractivity contribution in [2.75, 3.05) is 0 Å². The fourth-order valence-corrected chi connectivity index (χ4v) is 1.72. The van der Waals surface area contributed by atoms with Gasteiger partial charge in [-0.3, -0.25) is 0 Å². The average molecular weight is 307 g/mol. The van der Waals surface area contributed by atoms with Crippen LogP contribution in [-0.2, 0) is 16.1 Å². The Balaban J connectivity index is 1.87. The van der Waals surface area contributed by atoms with Gasteiger partial charge in [0.15, 0.2) is 12.4 Å². The summed E-state index contributed by atoms with van der Waals surface area (Å²) in [5.41, 5.74) is 0.819. The lowest BCUT2D eigenvalue weighted by Crippen LogP contribution is -2.01. The first-order valence-corrected chi connectivity index (χ1v) is 6.85. The molecule has 0 amide bonds. The molecular weight excluding hydrogens is 292 g/mol. The first-order chi connectivity index (χ1) is 10.0. The summed E-state index contributed by atoms with van der Waals surface area (Å²) in [5.74, 6) is 0.555. The van der Waals surface area contributed by atoms with Crippen molar-refractivity contribution in [2.24, 2.45) is 0 Å². The number of nitrogens with zero attached hydrogens (tertiary/aromatic N) is 2. The number of aromatic nitrogens is 2.